The van der Waals surface area contributed by atoms with E-state index in [0.29, 0.717) is 71.5 Å². The Bertz CT molecular complexity index is 2290. The fraction of sp³-hybridized carbons (Fsp3) is 0.541. The van der Waals surface area contributed by atoms with Crippen molar-refractivity contribution in [2.75, 3.05) is 39.1 Å². The smallest absolute Gasteiger partial charge is 0.274 e. The Balaban J connectivity index is 1.13. The lowest BCUT2D eigenvalue weighted by atomic mass is 9.63. The maximum Gasteiger partial charge on any atom is 0.274 e. The number of fused-ring (bicyclic) bond motifs is 6. The summed E-state index contributed by atoms with van der Waals surface area (Å²) in [4.78, 5) is 29.7. The number of hydrogen-bond acceptors (Lipinski definition) is 12. The summed E-state index contributed by atoms with van der Waals surface area (Å²) in [6, 6.07) is 2.86. The molecule has 10 rings (SSSR count). The molecular weight excluding hydrogens is 679 g/mol. The third-order valence-electron chi connectivity index (χ3n) is 12.5. The molecule has 0 aromatic carbocycles. The molecule has 3 aliphatic heterocycles. The third kappa shape index (κ3) is 4.59. The second-order valence-electron chi connectivity index (χ2n) is 15.2. The highest BCUT2D eigenvalue weighted by molar-refractivity contribution is 7.16. The van der Waals surface area contributed by atoms with Gasteiger partial charge in [-0.05, 0) is 90.3 Å². The van der Waals surface area contributed by atoms with Crippen LogP contribution in [0.1, 0.15) is 101 Å². The highest BCUT2D eigenvalue weighted by Gasteiger charge is 2.49. The molecular formula is C37H41N11O3S. The van der Waals surface area contributed by atoms with Crippen molar-refractivity contribution in [1.29, 1.82) is 5.26 Å². The fourth-order valence-electron chi connectivity index (χ4n) is 9.89. The maximum absolute atomic E-state index is 13.8. The van der Waals surface area contributed by atoms with Gasteiger partial charge in [-0.15, -0.1) is 11.3 Å². The molecule has 8 heterocycles. The SMILES string of the molecule is C[C@@H]([C@@H]1CCCN1C)n1ncc2c(-n3cc4c(n3)C(=O)N([C@@H]3CCOC3)CC4)nc(-c3noc4c3CCC[C@@]43CCCc4sc(N)c(C#N)c43)nc21. The van der Waals surface area contributed by atoms with Crippen LogP contribution in [-0.2, 0) is 29.4 Å². The topological polar surface area (TPSA) is 170 Å². The average molecular weight is 720 g/mol. The van der Waals surface area contributed by atoms with Gasteiger partial charge in [-0.1, -0.05) is 5.16 Å². The number of nitrogens with two attached hydrogens (primary N) is 1. The van der Waals surface area contributed by atoms with Crippen LogP contribution in [0.15, 0.2) is 16.9 Å². The lowest BCUT2D eigenvalue weighted by Crippen LogP contribution is -2.45. The zero-order valence-electron chi connectivity index (χ0n) is 29.5. The van der Waals surface area contributed by atoms with Crippen molar-refractivity contribution < 1.29 is 14.1 Å². The van der Waals surface area contributed by atoms with Crippen LogP contribution in [0.3, 0.4) is 0 Å². The maximum atomic E-state index is 13.8. The van der Waals surface area contributed by atoms with Crippen molar-refractivity contribution in [3.05, 3.63) is 51.0 Å². The van der Waals surface area contributed by atoms with E-state index in [1.807, 2.05) is 22.0 Å². The fourth-order valence-corrected chi connectivity index (χ4v) is 11.1. The number of carbonyl (C=O) groups is 1. The first-order chi connectivity index (χ1) is 25.4. The number of anilines is 1. The Morgan fingerprint density at radius 2 is 1.98 bits per heavy atom. The Morgan fingerprint density at radius 3 is 2.77 bits per heavy atom. The van der Waals surface area contributed by atoms with Gasteiger partial charge in [-0.2, -0.15) is 15.5 Å². The molecule has 5 aromatic rings. The molecule has 2 N–H and O–H groups in total. The first-order valence-corrected chi connectivity index (χ1v) is 19.4. The predicted molar refractivity (Wildman–Crippen MR) is 192 cm³/mol. The number of likely N-dealkylation sites (N-methyl/N-ethyl adjacent to an activating group) is 1. The standard InChI is InChI=1S/C37H41N11O3S/c1-20(26-7-5-13-45(26)2)48-35-25(17-40-48)34(47-18-21-9-14-46(22-10-15-50-19-22)36(49)29(21)43-47)41-33(42-35)30-23-6-3-11-37(31(23)51-44-30)12-4-8-27-28(37)24(16-38)32(39)52-27/h17-18,20,22,26H,3-15,19,39H2,1-2H3/t20-,22+,26-,37-/m0/s1. The molecule has 0 saturated carbocycles. The van der Waals surface area contributed by atoms with Gasteiger partial charge in [0.15, 0.2) is 34.4 Å². The van der Waals surface area contributed by atoms with E-state index in [2.05, 4.69) is 24.9 Å². The van der Waals surface area contributed by atoms with Crippen molar-refractivity contribution in [2.45, 2.75) is 94.7 Å². The van der Waals surface area contributed by atoms with E-state index in [4.69, 9.17) is 40.3 Å². The first kappa shape index (κ1) is 32.0. The van der Waals surface area contributed by atoms with Crippen molar-refractivity contribution in [3.63, 3.8) is 0 Å². The number of nitrogen functional groups attached to an aromatic ring is 1. The minimum atomic E-state index is -0.459. The highest BCUT2D eigenvalue weighted by Crippen LogP contribution is 2.55. The van der Waals surface area contributed by atoms with E-state index in [9.17, 15) is 10.1 Å². The Morgan fingerprint density at radius 1 is 1.12 bits per heavy atom. The molecule has 5 aliphatic rings. The third-order valence-corrected chi connectivity index (χ3v) is 13.5. The molecule has 14 nitrogen and oxygen atoms in total. The van der Waals surface area contributed by atoms with Crippen molar-refractivity contribution >= 4 is 33.3 Å². The molecule has 2 fully saturated rings. The van der Waals surface area contributed by atoms with E-state index in [1.165, 1.54) is 16.2 Å². The van der Waals surface area contributed by atoms with Gasteiger partial charge in [0.1, 0.15) is 11.1 Å². The van der Waals surface area contributed by atoms with Crippen LogP contribution in [0, 0.1) is 11.3 Å². The minimum Gasteiger partial charge on any atom is -0.389 e. The van der Waals surface area contributed by atoms with E-state index >= 15 is 0 Å². The molecule has 1 spiro atoms. The number of thiophene rings is 1. The van der Waals surface area contributed by atoms with E-state index in [-0.39, 0.29) is 18.0 Å². The summed E-state index contributed by atoms with van der Waals surface area (Å²) in [5.74, 6) is 1.72. The Kier molecular flexibility index (Phi) is 7.36. The number of rotatable bonds is 5. The first-order valence-electron chi connectivity index (χ1n) is 18.6. The van der Waals surface area contributed by atoms with Gasteiger partial charge >= 0.3 is 0 Å². The summed E-state index contributed by atoms with van der Waals surface area (Å²) >= 11 is 1.53. The second-order valence-corrected chi connectivity index (χ2v) is 16.4. The van der Waals surface area contributed by atoms with E-state index in [0.717, 1.165) is 92.2 Å². The van der Waals surface area contributed by atoms with Gasteiger partial charge in [-0.25, -0.2) is 19.3 Å². The van der Waals surface area contributed by atoms with Crippen molar-refractivity contribution in [1.82, 2.24) is 44.5 Å². The molecule has 5 aromatic heterocycles. The molecule has 2 aliphatic carbocycles. The minimum absolute atomic E-state index is 0.0544. The van der Waals surface area contributed by atoms with Gasteiger partial charge < -0.3 is 24.8 Å². The highest BCUT2D eigenvalue weighted by atomic mass is 32.1. The van der Waals surface area contributed by atoms with Crippen molar-refractivity contribution in [3.8, 4) is 23.4 Å². The number of nitrogens with zero attached hydrogens (tertiary/aromatic N) is 10. The molecule has 15 heteroatoms. The summed E-state index contributed by atoms with van der Waals surface area (Å²) in [7, 11) is 2.17. The molecule has 268 valence electrons. The molecule has 0 unspecified atom stereocenters. The van der Waals surface area contributed by atoms with E-state index < -0.39 is 5.41 Å². The van der Waals surface area contributed by atoms with Gasteiger partial charge in [0.25, 0.3) is 5.91 Å². The number of amides is 1. The number of aryl methyl sites for hydroxylation is 1. The molecule has 2 saturated heterocycles. The molecule has 0 radical (unpaired) electrons. The monoisotopic (exact) mass is 719 g/mol. The Labute approximate surface area is 304 Å². The lowest BCUT2D eigenvalue weighted by Gasteiger charge is -2.39. The summed E-state index contributed by atoms with van der Waals surface area (Å²) in [5, 5.41) is 26.1. The van der Waals surface area contributed by atoms with Crippen LogP contribution in [-0.4, -0.2) is 95.8 Å². The molecule has 1 amide bonds. The normalized spacial score (nSPS) is 25.1. The van der Waals surface area contributed by atoms with Gasteiger partial charge in [0, 0.05) is 41.4 Å². The number of likely N-dealkylation sites (tertiary alicyclic amines) is 1. The van der Waals surface area contributed by atoms with Crippen LogP contribution >= 0.6 is 11.3 Å². The number of carbonyl (C=O) groups excluding carboxylic acids is 1. The van der Waals surface area contributed by atoms with Crippen molar-refractivity contribution in [2.24, 2.45) is 0 Å². The van der Waals surface area contributed by atoms with E-state index in [1.54, 1.807) is 4.68 Å². The summed E-state index contributed by atoms with van der Waals surface area (Å²) in [6.45, 7) is 5.13. The number of hydrogen-bond donors (Lipinski definition) is 1. The van der Waals surface area contributed by atoms with Crippen LogP contribution in [0.4, 0.5) is 5.00 Å². The predicted octanol–water partition coefficient (Wildman–Crippen LogP) is 4.58. The zero-order chi connectivity index (χ0) is 35.3. The number of aromatic nitrogens is 7. The van der Waals surface area contributed by atoms with Crippen LogP contribution in [0.5, 0.6) is 0 Å². The summed E-state index contributed by atoms with van der Waals surface area (Å²) in [5.41, 5.74) is 11.2. The zero-order valence-corrected chi connectivity index (χ0v) is 30.3. The number of nitriles is 1. The molecule has 52 heavy (non-hydrogen) atoms. The number of ether oxygens (including phenoxy) is 1. The largest absolute Gasteiger partial charge is 0.389 e. The summed E-state index contributed by atoms with van der Waals surface area (Å²) in [6.07, 6.45) is 12.8. The summed E-state index contributed by atoms with van der Waals surface area (Å²) < 4.78 is 15.7. The lowest BCUT2D eigenvalue weighted by molar-refractivity contribution is 0.0629. The van der Waals surface area contributed by atoms with Crippen LogP contribution in [0.25, 0.3) is 28.4 Å². The average Bonchev–Trinajstić information content (AvgIpc) is 4.00. The van der Waals surface area contributed by atoms with Crippen LogP contribution < -0.4 is 5.73 Å². The quantitative estimate of drug-likeness (QED) is 0.270. The molecule has 4 atom stereocenters. The Hall–Kier alpha value is -4.65. The van der Waals surface area contributed by atoms with Gasteiger partial charge in [-0.3, -0.25) is 4.79 Å². The van der Waals surface area contributed by atoms with Gasteiger partial charge in [0.2, 0.25) is 0 Å². The van der Waals surface area contributed by atoms with Crippen LogP contribution in [0.2, 0.25) is 0 Å². The van der Waals surface area contributed by atoms with Gasteiger partial charge in [0.05, 0.1) is 41.3 Å². The second kappa shape index (κ2) is 11.9. The molecule has 0 bridgehead atoms.